The van der Waals surface area contributed by atoms with Crippen molar-refractivity contribution in [2.45, 2.75) is 19.8 Å². The largest absolute Gasteiger partial charge is 0.480 e. The maximum atomic E-state index is 11.9. The zero-order valence-electron chi connectivity index (χ0n) is 10.4. The number of hydrogen-bond acceptors (Lipinski definition) is 4. The number of hydrogen-bond donors (Lipinski definition) is 3. The van der Waals surface area contributed by atoms with Gasteiger partial charge in [0.1, 0.15) is 6.54 Å². The van der Waals surface area contributed by atoms with Crippen LogP contribution in [0.3, 0.4) is 0 Å². The Morgan fingerprint density at radius 3 is 2.53 bits per heavy atom. The second kappa shape index (κ2) is 6.53. The molecule has 0 bridgehead atoms. The van der Waals surface area contributed by atoms with Gasteiger partial charge in [0.25, 0.3) is 5.56 Å². The van der Waals surface area contributed by atoms with Crippen molar-refractivity contribution >= 4 is 11.9 Å². The molecule has 1 amide bonds. The Kier molecular flexibility index (Phi) is 5.04. The van der Waals surface area contributed by atoms with Crippen molar-refractivity contribution in [1.82, 2.24) is 14.9 Å². The molecule has 1 aromatic rings. The smallest absolute Gasteiger partial charge is 0.325 e. The number of rotatable bonds is 6. The molecule has 104 valence electrons. The number of aromatic amines is 2. The SMILES string of the molecule is CCCN(CC(=O)O)C(=O)Cc1cc(=O)[nH]c(=O)[nH]1. The minimum atomic E-state index is -1.11. The fourth-order valence-electron chi connectivity index (χ4n) is 1.61. The summed E-state index contributed by atoms with van der Waals surface area (Å²) in [7, 11) is 0. The van der Waals surface area contributed by atoms with E-state index in [9.17, 15) is 19.2 Å². The van der Waals surface area contributed by atoms with Crippen molar-refractivity contribution in [2.24, 2.45) is 0 Å². The third kappa shape index (κ3) is 4.78. The van der Waals surface area contributed by atoms with Crippen molar-refractivity contribution < 1.29 is 14.7 Å². The highest BCUT2D eigenvalue weighted by Gasteiger charge is 2.16. The summed E-state index contributed by atoms with van der Waals surface area (Å²) in [6, 6.07) is 1.10. The van der Waals surface area contributed by atoms with Crippen molar-refractivity contribution in [3.8, 4) is 0 Å². The van der Waals surface area contributed by atoms with Crippen LogP contribution in [0.15, 0.2) is 15.7 Å². The number of carboxylic acid groups (broad SMARTS) is 1. The molecule has 0 aliphatic carbocycles. The van der Waals surface area contributed by atoms with E-state index >= 15 is 0 Å². The molecule has 8 heteroatoms. The van der Waals surface area contributed by atoms with Gasteiger partial charge in [-0.15, -0.1) is 0 Å². The molecular formula is C11H15N3O5. The van der Waals surface area contributed by atoms with Crippen LogP contribution in [0.1, 0.15) is 19.0 Å². The van der Waals surface area contributed by atoms with E-state index in [-0.39, 0.29) is 12.1 Å². The number of carbonyl (C=O) groups excluding carboxylic acids is 1. The summed E-state index contributed by atoms with van der Waals surface area (Å²) in [4.78, 5) is 50.1. The Labute approximate surface area is 108 Å². The van der Waals surface area contributed by atoms with Crippen LogP contribution in [0, 0.1) is 0 Å². The Balaban J connectivity index is 2.83. The lowest BCUT2D eigenvalue weighted by molar-refractivity contribution is -0.144. The molecule has 0 saturated heterocycles. The lowest BCUT2D eigenvalue weighted by Crippen LogP contribution is -2.38. The molecule has 1 heterocycles. The monoisotopic (exact) mass is 269 g/mol. The van der Waals surface area contributed by atoms with Gasteiger partial charge in [0.2, 0.25) is 5.91 Å². The highest BCUT2D eigenvalue weighted by molar-refractivity contribution is 5.82. The van der Waals surface area contributed by atoms with E-state index in [2.05, 4.69) is 4.98 Å². The van der Waals surface area contributed by atoms with Crippen LogP contribution in [0.25, 0.3) is 0 Å². The quantitative estimate of drug-likeness (QED) is 0.606. The average Bonchev–Trinajstić information content (AvgIpc) is 2.26. The van der Waals surface area contributed by atoms with E-state index < -0.39 is 29.7 Å². The zero-order valence-corrected chi connectivity index (χ0v) is 10.4. The summed E-state index contributed by atoms with van der Waals surface area (Å²) in [5.74, 6) is -1.56. The number of H-pyrrole nitrogens is 2. The first-order valence-corrected chi connectivity index (χ1v) is 5.74. The number of carbonyl (C=O) groups is 2. The van der Waals surface area contributed by atoms with Crippen LogP contribution >= 0.6 is 0 Å². The zero-order chi connectivity index (χ0) is 14.4. The van der Waals surface area contributed by atoms with E-state index in [4.69, 9.17) is 5.11 Å². The van der Waals surface area contributed by atoms with E-state index in [1.54, 1.807) is 0 Å². The second-order valence-electron chi connectivity index (χ2n) is 4.00. The third-order valence-corrected chi connectivity index (χ3v) is 2.33. The highest BCUT2D eigenvalue weighted by Crippen LogP contribution is 1.98. The molecule has 0 fully saturated rings. The van der Waals surface area contributed by atoms with Gasteiger partial charge in [0, 0.05) is 18.3 Å². The molecule has 0 aliphatic heterocycles. The van der Waals surface area contributed by atoms with Crippen LogP contribution in [-0.4, -0.2) is 44.9 Å². The molecule has 1 rings (SSSR count). The molecular weight excluding hydrogens is 254 g/mol. The number of aromatic nitrogens is 2. The molecule has 0 atom stereocenters. The number of nitrogens with one attached hydrogen (secondary N) is 2. The Hall–Kier alpha value is -2.38. The van der Waals surface area contributed by atoms with Gasteiger partial charge < -0.3 is 15.0 Å². The fraction of sp³-hybridized carbons (Fsp3) is 0.455. The minimum Gasteiger partial charge on any atom is -0.480 e. The molecule has 0 aliphatic rings. The van der Waals surface area contributed by atoms with Crippen LogP contribution in [0.2, 0.25) is 0 Å². The van der Waals surface area contributed by atoms with Gasteiger partial charge >= 0.3 is 11.7 Å². The topological polar surface area (TPSA) is 123 Å². The van der Waals surface area contributed by atoms with Gasteiger partial charge in [-0.3, -0.25) is 19.4 Å². The predicted molar refractivity (Wildman–Crippen MR) is 65.9 cm³/mol. The number of amides is 1. The normalized spacial score (nSPS) is 10.2. The van der Waals surface area contributed by atoms with Gasteiger partial charge in [0.05, 0.1) is 6.42 Å². The van der Waals surface area contributed by atoms with Crippen LogP contribution in [-0.2, 0) is 16.0 Å². The second-order valence-corrected chi connectivity index (χ2v) is 4.00. The van der Waals surface area contributed by atoms with E-state index in [0.29, 0.717) is 13.0 Å². The van der Waals surface area contributed by atoms with Crippen molar-refractivity contribution in [1.29, 1.82) is 0 Å². The van der Waals surface area contributed by atoms with Gasteiger partial charge in [-0.1, -0.05) is 6.92 Å². The third-order valence-electron chi connectivity index (χ3n) is 2.33. The Morgan fingerprint density at radius 2 is 2.00 bits per heavy atom. The fourth-order valence-corrected chi connectivity index (χ4v) is 1.61. The van der Waals surface area contributed by atoms with E-state index in [1.165, 1.54) is 4.90 Å². The number of nitrogens with zero attached hydrogens (tertiary/aromatic N) is 1. The first kappa shape index (κ1) is 14.7. The molecule has 0 radical (unpaired) electrons. The highest BCUT2D eigenvalue weighted by atomic mass is 16.4. The summed E-state index contributed by atoms with van der Waals surface area (Å²) in [5, 5.41) is 8.71. The molecule has 0 saturated carbocycles. The number of aliphatic carboxylic acids is 1. The van der Waals surface area contributed by atoms with Gasteiger partial charge in [-0.25, -0.2) is 4.79 Å². The van der Waals surface area contributed by atoms with Crippen LogP contribution in [0.4, 0.5) is 0 Å². The molecule has 0 unspecified atom stereocenters. The number of carboxylic acids is 1. The molecule has 1 aromatic heterocycles. The minimum absolute atomic E-state index is 0.158. The maximum absolute atomic E-state index is 11.9. The van der Waals surface area contributed by atoms with Gasteiger partial charge in [-0.2, -0.15) is 0 Å². The summed E-state index contributed by atoms with van der Waals surface area (Å²) >= 11 is 0. The molecule has 8 nitrogen and oxygen atoms in total. The van der Waals surface area contributed by atoms with E-state index in [0.717, 1.165) is 6.07 Å². The lowest BCUT2D eigenvalue weighted by atomic mass is 10.2. The average molecular weight is 269 g/mol. The van der Waals surface area contributed by atoms with Crippen molar-refractivity contribution in [3.63, 3.8) is 0 Å². The lowest BCUT2D eigenvalue weighted by Gasteiger charge is -2.19. The molecule has 0 spiro atoms. The first-order valence-electron chi connectivity index (χ1n) is 5.74. The van der Waals surface area contributed by atoms with Gasteiger partial charge in [0.15, 0.2) is 0 Å². The summed E-state index contributed by atoms with van der Waals surface area (Å²) in [6.07, 6.45) is 0.400. The predicted octanol–water partition coefficient (Wildman–Crippen LogP) is -1.07. The summed E-state index contributed by atoms with van der Waals surface area (Å²) in [6.45, 7) is 1.72. The maximum Gasteiger partial charge on any atom is 0.325 e. The molecule has 0 aromatic carbocycles. The van der Waals surface area contributed by atoms with Crippen molar-refractivity contribution in [3.05, 3.63) is 32.6 Å². The Morgan fingerprint density at radius 1 is 1.32 bits per heavy atom. The van der Waals surface area contributed by atoms with Crippen molar-refractivity contribution in [2.75, 3.05) is 13.1 Å². The summed E-state index contributed by atoms with van der Waals surface area (Å²) < 4.78 is 0. The van der Waals surface area contributed by atoms with Gasteiger partial charge in [-0.05, 0) is 6.42 Å². The van der Waals surface area contributed by atoms with Crippen LogP contribution < -0.4 is 11.2 Å². The first-order chi connectivity index (χ1) is 8.92. The molecule has 19 heavy (non-hydrogen) atoms. The summed E-state index contributed by atoms with van der Waals surface area (Å²) in [5.41, 5.74) is -1.15. The Bertz CT molecular complexity index is 546. The molecule has 3 N–H and O–H groups in total. The standard InChI is InChI=1S/C11H15N3O5/c1-2-3-14(6-10(17)18)9(16)5-7-4-8(15)13-11(19)12-7/h4H,2-3,5-6H2,1H3,(H,17,18)(H2,12,13,15,19). The van der Waals surface area contributed by atoms with E-state index in [1.807, 2.05) is 11.9 Å². The van der Waals surface area contributed by atoms with Crippen LogP contribution in [0.5, 0.6) is 0 Å².